The second-order valence-electron chi connectivity index (χ2n) is 6.32. The van der Waals surface area contributed by atoms with Crippen LogP contribution in [0.5, 0.6) is 0 Å². The Morgan fingerprint density at radius 2 is 1.85 bits per heavy atom. The summed E-state index contributed by atoms with van der Waals surface area (Å²) < 4.78 is 0. The first-order chi connectivity index (χ1) is 9.24. The molecule has 2 fully saturated rings. The minimum atomic E-state index is 0. The predicted octanol–water partition coefficient (Wildman–Crippen LogP) is 2.57. The van der Waals surface area contributed by atoms with Gasteiger partial charge in [0.25, 0.3) is 0 Å². The number of nitrogens with two attached hydrogens (primary N) is 1. The zero-order chi connectivity index (χ0) is 13.5. The number of rotatable bonds is 5. The zero-order valence-electron chi connectivity index (χ0n) is 12.8. The molecular formula is C15H31IN4. The van der Waals surface area contributed by atoms with Gasteiger partial charge >= 0.3 is 0 Å². The van der Waals surface area contributed by atoms with Crippen LogP contribution >= 0.6 is 24.0 Å². The summed E-state index contributed by atoms with van der Waals surface area (Å²) in [6, 6.07) is 0.561. The lowest BCUT2D eigenvalue weighted by molar-refractivity contribution is 0.291. The minimum absolute atomic E-state index is 0. The van der Waals surface area contributed by atoms with Crippen molar-refractivity contribution >= 4 is 29.9 Å². The largest absolute Gasteiger partial charge is 0.370 e. The summed E-state index contributed by atoms with van der Waals surface area (Å²) in [5.74, 6) is 1.25. The van der Waals surface area contributed by atoms with Gasteiger partial charge in [-0.3, -0.25) is 4.99 Å². The molecule has 5 heteroatoms. The molecule has 1 aliphatic heterocycles. The SMILES string of the molecule is CC(CN=C(N)NC1CCCCC1)CN1CCCC1.I. The number of aliphatic imine (C=N–C) groups is 1. The molecule has 0 aromatic carbocycles. The molecule has 20 heavy (non-hydrogen) atoms. The van der Waals surface area contributed by atoms with E-state index in [1.165, 1.54) is 64.6 Å². The molecule has 0 amide bonds. The van der Waals surface area contributed by atoms with Gasteiger partial charge in [0.2, 0.25) is 0 Å². The van der Waals surface area contributed by atoms with Crippen LogP contribution in [0.2, 0.25) is 0 Å². The highest BCUT2D eigenvalue weighted by atomic mass is 127. The van der Waals surface area contributed by atoms with Gasteiger partial charge in [-0.2, -0.15) is 0 Å². The van der Waals surface area contributed by atoms with Gasteiger partial charge in [-0.05, 0) is 44.7 Å². The standard InChI is InChI=1S/C15H30N4.HI/c1-13(12-19-9-5-6-10-19)11-17-15(16)18-14-7-3-2-4-8-14;/h13-14H,2-12H2,1H3,(H3,16,17,18);1H. The van der Waals surface area contributed by atoms with Gasteiger partial charge in [-0.25, -0.2) is 0 Å². The number of hydrogen-bond donors (Lipinski definition) is 2. The van der Waals surface area contributed by atoms with E-state index in [1.807, 2.05) is 0 Å². The number of halogens is 1. The predicted molar refractivity (Wildman–Crippen MR) is 96.8 cm³/mol. The van der Waals surface area contributed by atoms with E-state index in [0.717, 1.165) is 6.54 Å². The summed E-state index contributed by atoms with van der Waals surface area (Å²) in [6.07, 6.45) is 9.26. The third-order valence-corrected chi connectivity index (χ3v) is 4.30. The van der Waals surface area contributed by atoms with Crippen LogP contribution in [0.25, 0.3) is 0 Å². The molecule has 1 saturated carbocycles. The van der Waals surface area contributed by atoms with Gasteiger partial charge in [-0.15, -0.1) is 24.0 Å². The van der Waals surface area contributed by atoms with Gasteiger partial charge in [0, 0.05) is 19.1 Å². The summed E-state index contributed by atoms with van der Waals surface area (Å²) >= 11 is 0. The molecule has 118 valence electrons. The number of guanidine groups is 1. The summed E-state index contributed by atoms with van der Waals surface area (Å²) in [7, 11) is 0. The van der Waals surface area contributed by atoms with Gasteiger partial charge in [0.1, 0.15) is 0 Å². The topological polar surface area (TPSA) is 53.6 Å². The van der Waals surface area contributed by atoms with Crippen molar-refractivity contribution in [3.8, 4) is 0 Å². The highest BCUT2D eigenvalue weighted by Crippen LogP contribution is 2.17. The summed E-state index contributed by atoms with van der Waals surface area (Å²) in [4.78, 5) is 7.06. The van der Waals surface area contributed by atoms with Crippen molar-refractivity contribution in [2.75, 3.05) is 26.2 Å². The van der Waals surface area contributed by atoms with E-state index in [9.17, 15) is 0 Å². The van der Waals surface area contributed by atoms with Crippen molar-refractivity contribution < 1.29 is 0 Å². The fourth-order valence-electron chi connectivity index (χ4n) is 3.22. The molecule has 0 bridgehead atoms. The van der Waals surface area contributed by atoms with Crippen LogP contribution in [0.1, 0.15) is 51.9 Å². The first-order valence-electron chi connectivity index (χ1n) is 8.03. The monoisotopic (exact) mass is 394 g/mol. The van der Waals surface area contributed by atoms with Crippen LogP contribution < -0.4 is 11.1 Å². The lowest BCUT2D eigenvalue weighted by Gasteiger charge is -2.23. The lowest BCUT2D eigenvalue weighted by atomic mass is 9.96. The Hall–Kier alpha value is -0.0400. The molecule has 0 radical (unpaired) electrons. The van der Waals surface area contributed by atoms with Crippen molar-refractivity contribution in [1.29, 1.82) is 0 Å². The molecule has 1 saturated heterocycles. The van der Waals surface area contributed by atoms with E-state index < -0.39 is 0 Å². The van der Waals surface area contributed by atoms with Crippen molar-refractivity contribution in [2.24, 2.45) is 16.6 Å². The Labute approximate surface area is 141 Å². The second kappa shape index (κ2) is 9.82. The van der Waals surface area contributed by atoms with Crippen LogP contribution in [0.3, 0.4) is 0 Å². The van der Waals surface area contributed by atoms with Crippen LogP contribution in [0, 0.1) is 5.92 Å². The van der Waals surface area contributed by atoms with Crippen LogP contribution in [-0.4, -0.2) is 43.1 Å². The minimum Gasteiger partial charge on any atom is -0.370 e. The number of likely N-dealkylation sites (tertiary alicyclic amines) is 1. The molecule has 1 atom stereocenters. The average Bonchev–Trinajstić information content (AvgIpc) is 2.90. The van der Waals surface area contributed by atoms with Crippen LogP contribution in [-0.2, 0) is 0 Å². The first kappa shape index (κ1) is 18.0. The molecular weight excluding hydrogens is 363 g/mol. The molecule has 0 aromatic heterocycles. The van der Waals surface area contributed by atoms with Gasteiger partial charge in [-0.1, -0.05) is 26.2 Å². The molecule has 4 nitrogen and oxygen atoms in total. The average molecular weight is 394 g/mol. The molecule has 0 spiro atoms. The van der Waals surface area contributed by atoms with Crippen LogP contribution in [0.15, 0.2) is 4.99 Å². The molecule has 2 rings (SSSR count). The summed E-state index contributed by atoms with van der Waals surface area (Å²) in [5.41, 5.74) is 5.99. The summed E-state index contributed by atoms with van der Waals surface area (Å²) in [6.45, 7) is 6.83. The van der Waals surface area contributed by atoms with Gasteiger partial charge in [0.15, 0.2) is 5.96 Å². The normalized spacial score (nSPS) is 23.4. The van der Waals surface area contributed by atoms with E-state index in [2.05, 4.69) is 22.1 Å². The fourth-order valence-corrected chi connectivity index (χ4v) is 3.22. The van der Waals surface area contributed by atoms with Crippen LogP contribution in [0.4, 0.5) is 0 Å². The highest BCUT2D eigenvalue weighted by molar-refractivity contribution is 14.0. The maximum atomic E-state index is 5.99. The highest BCUT2D eigenvalue weighted by Gasteiger charge is 2.15. The Bertz CT molecular complexity index is 284. The number of nitrogens with one attached hydrogen (secondary N) is 1. The zero-order valence-corrected chi connectivity index (χ0v) is 15.1. The number of nitrogens with zero attached hydrogens (tertiary/aromatic N) is 2. The van der Waals surface area contributed by atoms with Crippen molar-refractivity contribution in [3.63, 3.8) is 0 Å². The van der Waals surface area contributed by atoms with E-state index in [1.54, 1.807) is 0 Å². The number of hydrogen-bond acceptors (Lipinski definition) is 2. The maximum absolute atomic E-state index is 5.99. The van der Waals surface area contributed by atoms with E-state index in [4.69, 9.17) is 5.73 Å². The van der Waals surface area contributed by atoms with E-state index >= 15 is 0 Å². The smallest absolute Gasteiger partial charge is 0.188 e. The second-order valence-corrected chi connectivity index (χ2v) is 6.32. The Morgan fingerprint density at radius 1 is 1.20 bits per heavy atom. The molecule has 2 aliphatic rings. The van der Waals surface area contributed by atoms with E-state index in [-0.39, 0.29) is 24.0 Å². The van der Waals surface area contributed by atoms with Crippen molar-refractivity contribution in [1.82, 2.24) is 10.2 Å². The molecule has 0 aromatic rings. The van der Waals surface area contributed by atoms with Gasteiger partial charge < -0.3 is 16.0 Å². The third-order valence-electron chi connectivity index (χ3n) is 4.30. The molecule has 1 heterocycles. The quantitative estimate of drug-likeness (QED) is 0.428. The third kappa shape index (κ3) is 6.61. The molecule has 1 unspecified atom stereocenters. The summed E-state index contributed by atoms with van der Waals surface area (Å²) in [5, 5.41) is 3.38. The Morgan fingerprint density at radius 3 is 2.50 bits per heavy atom. The Kier molecular flexibility index (Phi) is 8.84. The van der Waals surface area contributed by atoms with Crippen molar-refractivity contribution in [3.05, 3.63) is 0 Å². The lowest BCUT2D eigenvalue weighted by Crippen LogP contribution is -2.41. The molecule has 1 aliphatic carbocycles. The first-order valence-corrected chi connectivity index (χ1v) is 8.03. The maximum Gasteiger partial charge on any atom is 0.188 e. The van der Waals surface area contributed by atoms with Gasteiger partial charge in [0.05, 0.1) is 0 Å². The van der Waals surface area contributed by atoms with Crippen molar-refractivity contribution in [2.45, 2.75) is 57.9 Å². The molecule has 3 N–H and O–H groups in total. The fraction of sp³-hybridized carbons (Fsp3) is 0.933. The Balaban J connectivity index is 0.00000200. The van der Waals surface area contributed by atoms with E-state index in [0.29, 0.717) is 17.9 Å².